The van der Waals surface area contributed by atoms with Crippen molar-refractivity contribution in [1.29, 1.82) is 0 Å². The maximum Gasteiger partial charge on any atom is 0.0534 e. The summed E-state index contributed by atoms with van der Waals surface area (Å²) in [6, 6.07) is 59.0. The molecule has 2 aliphatic heterocycles. The van der Waals surface area contributed by atoms with Crippen molar-refractivity contribution in [3.05, 3.63) is 197 Å². The molecule has 58 heavy (non-hydrogen) atoms. The van der Waals surface area contributed by atoms with Gasteiger partial charge in [0.15, 0.2) is 0 Å². The minimum absolute atomic E-state index is 0.0968. The van der Waals surface area contributed by atoms with Crippen LogP contribution in [0.3, 0.4) is 0 Å². The Morgan fingerprint density at radius 3 is 1.97 bits per heavy atom. The minimum Gasteiger partial charge on any atom is -0.341 e. The van der Waals surface area contributed by atoms with E-state index >= 15 is 0 Å². The van der Waals surface area contributed by atoms with E-state index in [1.807, 2.05) is 0 Å². The van der Waals surface area contributed by atoms with Crippen LogP contribution < -0.4 is 9.80 Å². The molecule has 0 bridgehead atoms. The van der Waals surface area contributed by atoms with Crippen molar-refractivity contribution in [3.63, 3.8) is 0 Å². The average Bonchev–Trinajstić information content (AvgIpc) is 3.62. The second-order valence-electron chi connectivity index (χ2n) is 16.8. The predicted octanol–water partition coefficient (Wildman–Crippen LogP) is 15.0. The minimum atomic E-state index is -0.0968. The van der Waals surface area contributed by atoms with Crippen LogP contribution in [0.5, 0.6) is 0 Å². The van der Waals surface area contributed by atoms with E-state index in [9.17, 15) is 0 Å². The van der Waals surface area contributed by atoms with Crippen molar-refractivity contribution >= 4 is 63.5 Å². The highest BCUT2D eigenvalue weighted by molar-refractivity contribution is 6.18. The van der Waals surface area contributed by atoms with Crippen LogP contribution in [0.2, 0.25) is 0 Å². The summed E-state index contributed by atoms with van der Waals surface area (Å²) in [5.41, 5.74) is 23.2. The van der Waals surface area contributed by atoms with Gasteiger partial charge in [-0.3, -0.25) is 0 Å². The van der Waals surface area contributed by atoms with Crippen LogP contribution in [0, 0.1) is 0 Å². The first-order valence-electron chi connectivity index (χ1n) is 20.7. The van der Waals surface area contributed by atoms with E-state index in [-0.39, 0.29) is 5.41 Å². The number of hydrogen-bond acceptors (Lipinski definition) is 2. The molecule has 0 aromatic heterocycles. The molecule has 2 aliphatic carbocycles. The Morgan fingerprint density at radius 2 is 1.16 bits per heavy atom. The Labute approximate surface area is 340 Å². The van der Waals surface area contributed by atoms with Crippen LogP contribution in [-0.2, 0) is 11.8 Å². The first kappa shape index (κ1) is 33.3. The lowest BCUT2D eigenvalue weighted by molar-refractivity contribution is 0.659. The van der Waals surface area contributed by atoms with Crippen LogP contribution in [0.15, 0.2) is 158 Å². The third-order valence-electron chi connectivity index (χ3n) is 13.3. The number of rotatable bonds is 4. The molecule has 0 unspecified atom stereocenters. The smallest absolute Gasteiger partial charge is 0.0534 e. The highest BCUT2D eigenvalue weighted by atomic mass is 15.2. The fraction of sp³-hybridized carbons (Fsp3) is 0.107. The zero-order valence-corrected chi connectivity index (χ0v) is 32.8. The first-order valence-corrected chi connectivity index (χ1v) is 20.7. The number of fused-ring (bicyclic) bond motifs is 9. The van der Waals surface area contributed by atoms with E-state index in [1.54, 1.807) is 0 Å². The Bertz CT molecular complexity index is 3040. The maximum atomic E-state index is 2.52. The van der Waals surface area contributed by atoms with Crippen molar-refractivity contribution in [2.75, 3.05) is 16.3 Å². The van der Waals surface area contributed by atoms with Crippen LogP contribution in [0.1, 0.15) is 59.2 Å². The number of benzene rings is 8. The van der Waals surface area contributed by atoms with Gasteiger partial charge in [-0.05, 0) is 138 Å². The summed E-state index contributed by atoms with van der Waals surface area (Å²) in [6.45, 7) is 5.85. The Hall–Kier alpha value is -6.90. The Kier molecular flexibility index (Phi) is 7.20. The lowest BCUT2D eigenvalue weighted by Gasteiger charge is -2.32. The molecule has 0 spiro atoms. The lowest BCUT2D eigenvalue weighted by Crippen LogP contribution is -2.25. The topological polar surface area (TPSA) is 6.48 Å². The van der Waals surface area contributed by atoms with Gasteiger partial charge in [0.1, 0.15) is 0 Å². The van der Waals surface area contributed by atoms with Crippen molar-refractivity contribution in [2.45, 2.75) is 32.1 Å². The molecule has 4 aliphatic rings. The van der Waals surface area contributed by atoms with Crippen molar-refractivity contribution < 1.29 is 0 Å². The SMILES string of the molecule is CC1(C)c2cc(/C=C/c3ccc4c5c(cccc35)-c3cc(N5c6ccccc6C=Cc6ccccc65)ccc3-4)ccc2-c2ccc(N3CCCc4ccccc43)cc21. The van der Waals surface area contributed by atoms with Crippen LogP contribution in [0.4, 0.5) is 28.4 Å². The molecule has 8 aromatic carbocycles. The summed E-state index contributed by atoms with van der Waals surface area (Å²) in [7, 11) is 0. The van der Waals surface area contributed by atoms with E-state index in [1.165, 1.54) is 118 Å². The quantitative estimate of drug-likeness (QED) is 0.166. The van der Waals surface area contributed by atoms with E-state index in [0.717, 1.165) is 13.0 Å². The van der Waals surface area contributed by atoms with E-state index in [4.69, 9.17) is 0 Å². The number of anilines is 5. The average molecular weight is 743 g/mol. The summed E-state index contributed by atoms with van der Waals surface area (Å²) in [5, 5.41) is 2.63. The van der Waals surface area contributed by atoms with Gasteiger partial charge in [-0.2, -0.15) is 0 Å². The highest BCUT2D eigenvalue weighted by Crippen LogP contribution is 2.53. The normalized spacial score (nSPS) is 15.1. The monoisotopic (exact) mass is 742 g/mol. The summed E-state index contributed by atoms with van der Waals surface area (Å²) < 4.78 is 0. The van der Waals surface area contributed by atoms with Crippen LogP contribution >= 0.6 is 0 Å². The van der Waals surface area contributed by atoms with Crippen LogP contribution in [-0.4, -0.2) is 6.54 Å². The molecule has 0 saturated heterocycles. The zero-order chi connectivity index (χ0) is 38.5. The van der Waals surface area contributed by atoms with Gasteiger partial charge in [0.2, 0.25) is 0 Å². The molecule has 0 atom stereocenters. The molecule has 0 fully saturated rings. The number of aryl methyl sites for hydroxylation is 1. The van der Waals surface area contributed by atoms with E-state index < -0.39 is 0 Å². The summed E-state index contributed by atoms with van der Waals surface area (Å²) >= 11 is 0. The zero-order valence-electron chi connectivity index (χ0n) is 32.8. The summed E-state index contributed by atoms with van der Waals surface area (Å²) in [4.78, 5) is 4.94. The third kappa shape index (κ3) is 4.91. The first-order chi connectivity index (χ1) is 28.5. The van der Waals surface area contributed by atoms with Crippen molar-refractivity contribution in [1.82, 2.24) is 0 Å². The molecule has 8 aromatic rings. The van der Waals surface area contributed by atoms with Crippen LogP contribution in [0.25, 0.3) is 68.5 Å². The molecule has 0 N–H and O–H groups in total. The number of nitrogens with zero attached hydrogens (tertiary/aromatic N) is 2. The Balaban J connectivity index is 0.882. The van der Waals surface area contributed by atoms with Gasteiger partial charge in [0, 0.05) is 29.0 Å². The van der Waals surface area contributed by atoms with Gasteiger partial charge in [0.05, 0.1) is 11.4 Å². The van der Waals surface area contributed by atoms with Gasteiger partial charge in [-0.25, -0.2) is 0 Å². The molecule has 0 radical (unpaired) electrons. The predicted molar refractivity (Wildman–Crippen MR) is 247 cm³/mol. The van der Waals surface area contributed by atoms with E-state index in [2.05, 4.69) is 206 Å². The molecule has 276 valence electrons. The lowest BCUT2D eigenvalue weighted by atomic mass is 9.81. The number of para-hydroxylation sites is 3. The van der Waals surface area contributed by atoms with Gasteiger partial charge >= 0.3 is 0 Å². The molecule has 12 rings (SSSR count). The molecular formula is C56H42N2. The molecule has 2 heterocycles. The summed E-state index contributed by atoms with van der Waals surface area (Å²) in [5.74, 6) is 0. The van der Waals surface area contributed by atoms with Gasteiger partial charge in [-0.1, -0.05) is 153 Å². The Morgan fingerprint density at radius 1 is 0.500 bits per heavy atom. The molecule has 0 saturated carbocycles. The third-order valence-corrected chi connectivity index (χ3v) is 13.3. The molecule has 0 amide bonds. The largest absolute Gasteiger partial charge is 0.341 e. The fourth-order valence-corrected chi connectivity index (χ4v) is 10.4. The van der Waals surface area contributed by atoms with Gasteiger partial charge in [0.25, 0.3) is 0 Å². The number of hydrogen-bond donors (Lipinski definition) is 0. The van der Waals surface area contributed by atoms with Gasteiger partial charge < -0.3 is 9.80 Å². The van der Waals surface area contributed by atoms with Gasteiger partial charge in [-0.15, -0.1) is 0 Å². The molecule has 2 nitrogen and oxygen atoms in total. The standard InChI is InChI=1S/C56H42N2/c1-56(2)50-33-36(21-28-45(50)46-31-26-41(35-51(46)56)57-32-10-14-38-11-3-6-17-52(38)57)20-22-37-25-29-48-44-30-27-42(34-49(44)47-16-9-15-43(37)55(47)48)58-53-18-7-4-12-39(53)23-24-40-13-5-8-19-54(40)58/h3-9,11-13,15-31,33-35H,10,14,32H2,1-2H3/b22-20+. The van der Waals surface area contributed by atoms with E-state index in [0.29, 0.717) is 0 Å². The maximum absolute atomic E-state index is 2.52. The second-order valence-corrected chi connectivity index (χ2v) is 16.8. The molecule has 2 heteroatoms. The van der Waals surface area contributed by atoms with Crippen molar-refractivity contribution in [3.8, 4) is 33.4 Å². The summed E-state index contributed by atoms with van der Waals surface area (Å²) in [6.07, 6.45) is 11.4. The molecular weight excluding hydrogens is 701 g/mol. The fourth-order valence-electron chi connectivity index (χ4n) is 10.4. The second kappa shape index (κ2) is 12.6. The van der Waals surface area contributed by atoms with Crippen molar-refractivity contribution in [2.24, 2.45) is 0 Å². The highest BCUT2D eigenvalue weighted by Gasteiger charge is 2.36.